The first-order chi connectivity index (χ1) is 11.9. The summed E-state index contributed by atoms with van der Waals surface area (Å²) in [4.78, 5) is 25.0. The number of hydrogen-bond acceptors (Lipinski definition) is 4. The lowest BCUT2D eigenvalue weighted by molar-refractivity contribution is -0.124. The van der Waals surface area contributed by atoms with Gasteiger partial charge in [-0.2, -0.15) is 0 Å². The summed E-state index contributed by atoms with van der Waals surface area (Å²) in [6, 6.07) is 6.11. The van der Waals surface area contributed by atoms with Crippen molar-refractivity contribution in [3.8, 4) is 5.75 Å². The number of rotatable bonds is 10. The van der Waals surface area contributed by atoms with Crippen LogP contribution in [0, 0.1) is 5.92 Å². The van der Waals surface area contributed by atoms with Gasteiger partial charge in [-0.25, -0.2) is 0 Å². The number of benzene rings is 1. The molecule has 148 valence electrons. The monoisotopic (exact) mass is 385 g/mol. The number of amides is 2. The van der Waals surface area contributed by atoms with E-state index in [0.717, 1.165) is 19.3 Å². The van der Waals surface area contributed by atoms with Gasteiger partial charge in [0.15, 0.2) is 0 Å². The van der Waals surface area contributed by atoms with Crippen molar-refractivity contribution in [2.75, 3.05) is 13.7 Å². The first-order valence-electron chi connectivity index (χ1n) is 8.88. The summed E-state index contributed by atoms with van der Waals surface area (Å²) >= 11 is 0. The van der Waals surface area contributed by atoms with Crippen molar-refractivity contribution in [2.45, 2.75) is 52.1 Å². The Morgan fingerprint density at radius 3 is 2.23 bits per heavy atom. The highest BCUT2D eigenvalue weighted by molar-refractivity contribution is 5.97. The van der Waals surface area contributed by atoms with Crippen LogP contribution in [-0.4, -0.2) is 37.6 Å². The van der Waals surface area contributed by atoms with Gasteiger partial charge in [0.25, 0.3) is 5.91 Å². The summed E-state index contributed by atoms with van der Waals surface area (Å²) in [6.07, 6.45) is 2.90. The van der Waals surface area contributed by atoms with Crippen LogP contribution in [0.2, 0.25) is 0 Å². The van der Waals surface area contributed by atoms with Crippen LogP contribution < -0.4 is 21.1 Å². The zero-order valence-corrected chi connectivity index (χ0v) is 16.9. The van der Waals surface area contributed by atoms with Gasteiger partial charge < -0.3 is 21.1 Å². The van der Waals surface area contributed by atoms with E-state index in [1.54, 1.807) is 31.4 Å². The molecule has 0 bridgehead atoms. The fraction of sp³-hybridized carbons (Fsp3) is 0.579. The summed E-state index contributed by atoms with van der Waals surface area (Å²) in [5, 5.41) is 5.78. The average molecular weight is 386 g/mol. The Kier molecular flexibility index (Phi) is 11.7. The molecule has 0 radical (unpaired) electrons. The predicted octanol–water partition coefficient (Wildman–Crippen LogP) is 2.51. The van der Waals surface area contributed by atoms with Crippen molar-refractivity contribution in [1.82, 2.24) is 10.6 Å². The molecular weight excluding hydrogens is 354 g/mol. The van der Waals surface area contributed by atoms with E-state index in [4.69, 9.17) is 10.5 Å². The molecule has 0 spiro atoms. The summed E-state index contributed by atoms with van der Waals surface area (Å²) < 4.78 is 5.09. The number of carbonyl (C=O) groups excluding carboxylic acids is 2. The maximum absolute atomic E-state index is 12.6. The molecule has 1 rings (SSSR count). The van der Waals surface area contributed by atoms with Gasteiger partial charge in [0.1, 0.15) is 11.8 Å². The Labute approximate surface area is 162 Å². The van der Waals surface area contributed by atoms with Crippen molar-refractivity contribution in [3.05, 3.63) is 29.8 Å². The summed E-state index contributed by atoms with van der Waals surface area (Å²) in [6.45, 7) is 6.30. The van der Waals surface area contributed by atoms with Crippen LogP contribution >= 0.6 is 12.4 Å². The minimum Gasteiger partial charge on any atom is -0.497 e. The summed E-state index contributed by atoms with van der Waals surface area (Å²) in [7, 11) is 1.57. The Bertz CT molecular complexity index is 549. The van der Waals surface area contributed by atoms with E-state index in [2.05, 4.69) is 17.6 Å². The number of methoxy groups -OCH3 is 1. The number of hydrogen-bond donors (Lipinski definition) is 3. The van der Waals surface area contributed by atoms with Gasteiger partial charge >= 0.3 is 0 Å². The van der Waals surface area contributed by atoms with Crippen LogP contribution in [0.15, 0.2) is 24.3 Å². The highest BCUT2D eigenvalue weighted by Gasteiger charge is 2.26. The molecule has 0 saturated heterocycles. The quantitative estimate of drug-likeness (QED) is 0.576. The lowest BCUT2D eigenvalue weighted by Gasteiger charge is -2.25. The lowest BCUT2D eigenvalue weighted by Crippen LogP contribution is -2.53. The Hall–Kier alpha value is -1.79. The molecule has 2 unspecified atom stereocenters. The number of carbonyl (C=O) groups is 2. The third-order valence-corrected chi connectivity index (χ3v) is 4.12. The Balaban J connectivity index is 0.00000625. The van der Waals surface area contributed by atoms with Crippen LogP contribution in [0.25, 0.3) is 0 Å². The van der Waals surface area contributed by atoms with E-state index in [9.17, 15) is 9.59 Å². The zero-order valence-electron chi connectivity index (χ0n) is 16.1. The predicted molar refractivity (Wildman–Crippen MR) is 107 cm³/mol. The molecule has 0 aliphatic carbocycles. The molecule has 7 heteroatoms. The molecule has 26 heavy (non-hydrogen) atoms. The fourth-order valence-electron chi connectivity index (χ4n) is 2.49. The molecule has 0 aliphatic rings. The molecule has 2 amide bonds. The van der Waals surface area contributed by atoms with Gasteiger partial charge in [0.05, 0.1) is 7.11 Å². The second-order valence-electron chi connectivity index (χ2n) is 6.51. The lowest BCUT2D eigenvalue weighted by atomic mass is 10.0. The number of nitrogens with two attached hydrogens (primary N) is 1. The normalized spacial score (nSPS) is 12.7. The molecule has 2 atom stereocenters. The standard InChI is InChI=1S/C19H31N3O3.ClH/c1-5-6-7-15(12-20)21-19(24)17(13(2)3)22-18(23)14-8-10-16(25-4)11-9-14;/h8-11,13,15,17H,5-7,12,20H2,1-4H3,(H,21,24)(H,22,23);1H. The van der Waals surface area contributed by atoms with E-state index < -0.39 is 6.04 Å². The van der Waals surface area contributed by atoms with Crippen molar-refractivity contribution in [1.29, 1.82) is 0 Å². The van der Waals surface area contributed by atoms with E-state index >= 15 is 0 Å². The van der Waals surface area contributed by atoms with Gasteiger partial charge in [0, 0.05) is 18.2 Å². The Morgan fingerprint density at radius 2 is 1.77 bits per heavy atom. The van der Waals surface area contributed by atoms with Crippen molar-refractivity contribution >= 4 is 24.2 Å². The minimum absolute atomic E-state index is 0. The maximum Gasteiger partial charge on any atom is 0.251 e. The molecule has 6 nitrogen and oxygen atoms in total. The van der Waals surface area contributed by atoms with Gasteiger partial charge in [-0.05, 0) is 36.6 Å². The maximum atomic E-state index is 12.6. The molecule has 1 aromatic carbocycles. The topological polar surface area (TPSA) is 93.5 Å². The largest absolute Gasteiger partial charge is 0.497 e. The van der Waals surface area contributed by atoms with Gasteiger partial charge in [0.2, 0.25) is 5.91 Å². The van der Waals surface area contributed by atoms with Crippen molar-refractivity contribution in [3.63, 3.8) is 0 Å². The second-order valence-corrected chi connectivity index (χ2v) is 6.51. The molecule has 0 saturated carbocycles. The van der Waals surface area contributed by atoms with E-state index in [1.807, 2.05) is 13.8 Å². The van der Waals surface area contributed by atoms with Crippen molar-refractivity contribution in [2.24, 2.45) is 11.7 Å². The molecule has 0 aromatic heterocycles. The number of halogens is 1. The zero-order chi connectivity index (χ0) is 18.8. The first-order valence-corrected chi connectivity index (χ1v) is 8.88. The van der Waals surface area contributed by atoms with Gasteiger partial charge in [-0.15, -0.1) is 12.4 Å². The van der Waals surface area contributed by atoms with Crippen LogP contribution in [0.1, 0.15) is 50.4 Å². The van der Waals surface area contributed by atoms with Crippen LogP contribution in [0.5, 0.6) is 5.75 Å². The fourth-order valence-corrected chi connectivity index (χ4v) is 2.49. The van der Waals surface area contributed by atoms with Gasteiger partial charge in [-0.3, -0.25) is 9.59 Å². The molecule has 4 N–H and O–H groups in total. The SMILES string of the molecule is CCCCC(CN)NC(=O)C(NC(=O)c1ccc(OC)cc1)C(C)C.Cl. The van der Waals surface area contributed by atoms with E-state index in [-0.39, 0.29) is 36.2 Å². The molecule has 0 heterocycles. The summed E-state index contributed by atoms with van der Waals surface area (Å²) in [5.41, 5.74) is 6.23. The first kappa shape index (κ1) is 24.2. The molecule has 0 aliphatic heterocycles. The third kappa shape index (κ3) is 7.62. The van der Waals surface area contributed by atoms with Crippen molar-refractivity contribution < 1.29 is 14.3 Å². The number of ether oxygens (including phenoxy) is 1. The van der Waals surface area contributed by atoms with Gasteiger partial charge in [-0.1, -0.05) is 33.6 Å². The third-order valence-electron chi connectivity index (χ3n) is 4.12. The van der Waals surface area contributed by atoms with Crippen LogP contribution in [-0.2, 0) is 4.79 Å². The Morgan fingerprint density at radius 1 is 1.15 bits per heavy atom. The number of nitrogens with one attached hydrogen (secondary N) is 2. The van der Waals surface area contributed by atoms with Crippen LogP contribution in [0.3, 0.4) is 0 Å². The van der Waals surface area contributed by atoms with E-state index in [0.29, 0.717) is 17.9 Å². The highest BCUT2D eigenvalue weighted by atomic mass is 35.5. The molecule has 1 aromatic rings. The van der Waals surface area contributed by atoms with Crippen LogP contribution in [0.4, 0.5) is 0 Å². The smallest absolute Gasteiger partial charge is 0.251 e. The minimum atomic E-state index is -0.606. The highest BCUT2D eigenvalue weighted by Crippen LogP contribution is 2.12. The second kappa shape index (κ2) is 12.5. The summed E-state index contributed by atoms with van der Waals surface area (Å²) in [5.74, 6) is 0.168. The number of unbranched alkanes of at least 4 members (excludes halogenated alkanes) is 1. The molecule has 0 fully saturated rings. The van der Waals surface area contributed by atoms with E-state index in [1.165, 1.54) is 0 Å². The molecular formula is C19H32ClN3O3. The average Bonchev–Trinajstić information content (AvgIpc) is 2.62.